The molecule has 0 spiro atoms. The highest BCUT2D eigenvalue weighted by molar-refractivity contribution is 5.97. The van der Waals surface area contributed by atoms with Crippen molar-refractivity contribution in [3.63, 3.8) is 0 Å². The van der Waals surface area contributed by atoms with Gasteiger partial charge in [0.05, 0.1) is 24.8 Å². The smallest absolute Gasteiger partial charge is 0.255 e. The van der Waals surface area contributed by atoms with Crippen LogP contribution in [-0.2, 0) is 4.74 Å². The third-order valence-electron chi connectivity index (χ3n) is 4.42. The molecular weight excluding hydrogens is 370 g/mol. The maximum absolute atomic E-state index is 12.8. The van der Waals surface area contributed by atoms with Crippen molar-refractivity contribution in [1.29, 1.82) is 0 Å². The van der Waals surface area contributed by atoms with E-state index >= 15 is 0 Å². The first-order valence-electron chi connectivity index (χ1n) is 9.89. The first-order chi connectivity index (χ1) is 14.1. The Hall–Kier alpha value is -2.99. The van der Waals surface area contributed by atoms with Gasteiger partial charge in [-0.1, -0.05) is 24.3 Å². The van der Waals surface area contributed by atoms with Crippen LogP contribution >= 0.6 is 0 Å². The van der Waals surface area contributed by atoms with Crippen LogP contribution < -0.4 is 14.8 Å². The Morgan fingerprint density at radius 2 is 1.79 bits per heavy atom. The molecule has 1 heterocycles. The van der Waals surface area contributed by atoms with Gasteiger partial charge in [0.1, 0.15) is 18.1 Å². The SMILES string of the molecule is CCOCCOc1ccccc1C(=O)NC(C)c1cc2cccc(OCC)c2o1. The summed E-state index contributed by atoms with van der Waals surface area (Å²) >= 11 is 0. The molecule has 0 saturated heterocycles. The quantitative estimate of drug-likeness (QED) is 0.501. The van der Waals surface area contributed by atoms with Crippen molar-refractivity contribution in [3.8, 4) is 11.5 Å². The number of fused-ring (bicyclic) bond motifs is 1. The Morgan fingerprint density at radius 3 is 2.59 bits per heavy atom. The Bertz CT molecular complexity index is 949. The second-order valence-corrected chi connectivity index (χ2v) is 6.49. The van der Waals surface area contributed by atoms with Gasteiger partial charge in [-0.25, -0.2) is 0 Å². The van der Waals surface area contributed by atoms with Crippen LogP contribution in [-0.4, -0.2) is 32.3 Å². The monoisotopic (exact) mass is 397 g/mol. The van der Waals surface area contributed by atoms with Crippen LogP contribution in [0.25, 0.3) is 11.0 Å². The van der Waals surface area contributed by atoms with Gasteiger partial charge in [-0.15, -0.1) is 0 Å². The van der Waals surface area contributed by atoms with E-state index in [-0.39, 0.29) is 11.9 Å². The number of amides is 1. The number of hydrogen-bond acceptors (Lipinski definition) is 5. The van der Waals surface area contributed by atoms with Crippen molar-refractivity contribution in [1.82, 2.24) is 5.32 Å². The molecule has 1 amide bonds. The summed E-state index contributed by atoms with van der Waals surface area (Å²) in [6, 6.07) is 14.5. The van der Waals surface area contributed by atoms with Gasteiger partial charge < -0.3 is 23.9 Å². The molecule has 1 N–H and O–H groups in total. The summed E-state index contributed by atoms with van der Waals surface area (Å²) in [7, 11) is 0. The predicted octanol–water partition coefficient (Wildman–Crippen LogP) is 4.74. The number of hydrogen-bond donors (Lipinski definition) is 1. The number of furan rings is 1. The van der Waals surface area contributed by atoms with Gasteiger partial charge in [0.25, 0.3) is 5.91 Å². The zero-order chi connectivity index (χ0) is 20.6. The van der Waals surface area contributed by atoms with Crippen LogP contribution in [0.2, 0.25) is 0 Å². The van der Waals surface area contributed by atoms with Crippen molar-refractivity contribution < 1.29 is 23.4 Å². The molecule has 3 aromatic rings. The summed E-state index contributed by atoms with van der Waals surface area (Å²) in [5.41, 5.74) is 1.16. The molecule has 1 unspecified atom stereocenters. The minimum Gasteiger partial charge on any atom is -0.490 e. The number of carbonyl (C=O) groups is 1. The van der Waals surface area contributed by atoms with Gasteiger partial charge in [0.2, 0.25) is 0 Å². The number of nitrogens with one attached hydrogen (secondary N) is 1. The van der Waals surface area contributed by atoms with Gasteiger partial charge in [-0.05, 0) is 45.0 Å². The van der Waals surface area contributed by atoms with E-state index in [0.717, 1.165) is 5.39 Å². The van der Waals surface area contributed by atoms with Gasteiger partial charge >= 0.3 is 0 Å². The third kappa shape index (κ3) is 5.09. The Balaban J connectivity index is 1.72. The lowest BCUT2D eigenvalue weighted by atomic mass is 10.1. The van der Waals surface area contributed by atoms with Crippen LogP contribution in [0.3, 0.4) is 0 Å². The molecule has 1 aromatic heterocycles. The fraction of sp³-hybridized carbons (Fsp3) is 0.348. The molecule has 0 aliphatic carbocycles. The largest absolute Gasteiger partial charge is 0.490 e. The second-order valence-electron chi connectivity index (χ2n) is 6.49. The van der Waals surface area contributed by atoms with Crippen LogP contribution in [0.4, 0.5) is 0 Å². The maximum Gasteiger partial charge on any atom is 0.255 e. The second kappa shape index (κ2) is 9.98. The zero-order valence-corrected chi connectivity index (χ0v) is 17.1. The van der Waals surface area contributed by atoms with E-state index in [1.54, 1.807) is 12.1 Å². The molecule has 0 fully saturated rings. The van der Waals surface area contributed by atoms with Gasteiger partial charge in [-0.3, -0.25) is 4.79 Å². The van der Waals surface area contributed by atoms with Crippen molar-refractivity contribution in [2.75, 3.05) is 26.4 Å². The van der Waals surface area contributed by atoms with E-state index in [4.69, 9.17) is 18.6 Å². The zero-order valence-electron chi connectivity index (χ0n) is 17.1. The number of benzene rings is 2. The van der Waals surface area contributed by atoms with Gasteiger partial charge in [0, 0.05) is 12.0 Å². The summed E-state index contributed by atoms with van der Waals surface area (Å²) in [6.07, 6.45) is 0. The molecule has 3 rings (SSSR count). The lowest BCUT2D eigenvalue weighted by Crippen LogP contribution is -2.27. The molecule has 2 aromatic carbocycles. The highest BCUT2D eigenvalue weighted by Crippen LogP contribution is 2.31. The molecule has 0 aliphatic rings. The summed E-state index contributed by atoms with van der Waals surface area (Å²) in [6.45, 7) is 7.79. The van der Waals surface area contributed by atoms with Crippen LogP contribution in [0, 0.1) is 0 Å². The molecule has 0 bridgehead atoms. The van der Waals surface area contributed by atoms with E-state index in [2.05, 4.69) is 5.32 Å². The highest BCUT2D eigenvalue weighted by atomic mass is 16.5. The molecule has 6 nitrogen and oxygen atoms in total. The van der Waals surface area contributed by atoms with E-state index in [1.165, 1.54) is 0 Å². The Kier molecular flexibility index (Phi) is 7.14. The van der Waals surface area contributed by atoms with E-state index < -0.39 is 0 Å². The number of ether oxygens (including phenoxy) is 3. The highest BCUT2D eigenvalue weighted by Gasteiger charge is 2.19. The standard InChI is InChI=1S/C23H27NO5/c1-4-26-13-14-28-19-11-7-6-10-18(19)23(25)24-16(3)21-15-17-9-8-12-20(27-5-2)22(17)29-21/h6-12,15-16H,4-5,13-14H2,1-3H3,(H,24,25). The number of carbonyl (C=O) groups excluding carboxylic acids is 1. The Labute approximate surface area is 170 Å². The topological polar surface area (TPSA) is 69.9 Å². The summed E-state index contributed by atoms with van der Waals surface area (Å²) in [4.78, 5) is 12.8. The molecule has 29 heavy (non-hydrogen) atoms. The molecule has 6 heteroatoms. The predicted molar refractivity (Wildman–Crippen MR) is 112 cm³/mol. The first-order valence-corrected chi connectivity index (χ1v) is 9.89. The average molecular weight is 397 g/mol. The normalized spacial score (nSPS) is 12.0. The number of para-hydroxylation sites is 2. The summed E-state index contributed by atoms with van der Waals surface area (Å²) < 4.78 is 22.6. The van der Waals surface area contributed by atoms with Gasteiger partial charge in [-0.2, -0.15) is 0 Å². The lowest BCUT2D eigenvalue weighted by molar-refractivity contribution is 0.0919. The third-order valence-corrected chi connectivity index (χ3v) is 4.42. The molecule has 0 radical (unpaired) electrons. The van der Waals surface area contributed by atoms with E-state index in [9.17, 15) is 4.79 Å². The first kappa shape index (κ1) is 20.7. The van der Waals surface area contributed by atoms with Crippen molar-refractivity contribution in [2.45, 2.75) is 26.8 Å². The van der Waals surface area contributed by atoms with Crippen molar-refractivity contribution in [3.05, 3.63) is 59.9 Å². The van der Waals surface area contributed by atoms with Gasteiger partial charge in [0.15, 0.2) is 11.3 Å². The van der Waals surface area contributed by atoms with E-state index in [0.29, 0.717) is 54.8 Å². The minimum absolute atomic E-state index is 0.227. The fourth-order valence-corrected chi connectivity index (χ4v) is 3.02. The summed E-state index contributed by atoms with van der Waals surface area (Å²) in [5, 5.41) is 3.92. The average Bonchev–Trinajstić information content (AvgIpc) is 3.17. The molecule has 154 valence electrons. The lowest BCUT2D eigenvalue weighted by Gasteiger charge is -2.14. The van der Waals surface area contributed by atoms with E-state index in [1.807, 2.05) is 57.2 Å². The van der Waals surface area contributed by atoms with Crippen molar-refractivity contribution in [2.24, 2.45) is 0 Å². The fourth-order valence-electron chi connectivity index (χ4n) is 3.02. The van der Waals surface area contributed by atoms with Crippen LogP contribution in [0.1, 0.15) is 42.9 Å². The maximum atomic E-state index is 12.8. The molecule has 0 aliphatic heterocycles. The molecule has 1 atom stereocenters. The summed E-state index contributed by atoms with van der Waals surface area (Å²) in [5.74, 6) is 1.66. The number of rotatable bonds is 10. The molecule has 0 saturated carbocycles. The Morgan fingerprint density at radius 1 is 1.00 bits per heavy atom. The van der Waals surface area contributed by atoms with Crippen molar-refractivity contribution >= 4 is 16.9 Å². The molecular formula is C23H27NO5. The van der Waals surface area contributed by atoms with Crippen LogP contribution in [0.5, 0.6) is 11.5 Å². The van der Waals surface area contributed by atoms with Crippen LogP contribution in [0.15, 0.2) is 52.9 Å². The minimum atomic E-state index is -0.319.